The quantitative estimate of drug-likeness (QED) is 0.231. The van der Waals surface area contributed by atoms with E-state index in [1.807, 2.05) is 43.6 Å². The van der Waals surface area contributed by atoms with Crippen molar-refractivity contribution in [3.63, 3.8) is 0 Å². The molecular weight excluding hydrogens is 454 g/mol. The molecule has 0 radical (unpaired) electrons. The van der Waals surface area contributed by atoms with Crippen molar-refractivity contribution < 1.29 is 14.6 Å². The maximum absolute atomic E-state index is 13.2. The topological polar surface area (TPSA) is 107 Å². The van der Waals surface area contributed by atoms with Crippen molar-refractivity contribution in [3.05, 3.63) is 90.5 Å². The molecule has 5 rings (SSSR count). The predicted molar refractivity (Wildman–Crippen MR) is 137 cm³/mol. The number of aromatic nitrogens is 3. The number of benzene rings is 2. The molecule has 0 saturated heterocycles. The number of hydrazine groups is 1. The van der Waals surface area contributed by atoms with E-state index in [1.54, 1.807) is 41.5 Å². The van der Waals surface area contributed by atoms with Gasteiger partial charge in [-0.3, -0.25) is 19.5 Å². The highest BCUT2D eigenvalue weighted by atomic mass is 16.5. The number of rotatable bonds is 7. The minimum absolute atomic E-state index is 0.155. The van der Waals surface area contributed by atoms with Crippen molar-refractivity contribution in [1.29, 1.82) is 0 Å². The van der Waals surface area contributed by atoms with Crippen LogP contribution in [-0.4, -0.2) is 42.9 Å². The Balaban J connectivity index is 1.26. The lowest BCUT2D eigenvalue weighted by molar-refractivity contribution is -0.00532. The molecule has 184 valence electrons. The van der Waals surface area contributed by atoms with E-state index in [1.165, 1.54) is 5.01 Å². The zero-order chi connectivity index (χ0) is 25.1. The Kier molecular flexibility index (Phi) is 6.79. The smallest absolute Gasteiger partial charge is 0.269 e. The number of phenolic OH excluding ortho intramolecular Hbond substituents is 1. The summed E-state index contributed by atoms with van der Waals surface area (Å²) in [7, 11) is 1.84. The van der Waals surface area contributed by atoms with Crippen LogP contribution in [0.2, 0.25) is 0 Å². The average molecular weight is 484 g/mol. The molecular formula is C28H29N5O3. The van der Waals surface area contributed by atoms with Crippen LogP contribution in [-0.2, 0) is 18.4 Å². The highest BCUT2D eigenvalue weighted by molar-refractivity contribution is 5.95. The molecule has 2 aromatic heterocycles. The zero-order valence-electron chi connectivity index (χ0n) is 20.1. The van der Waals surface area contributed by atoms with Crippen molar-refractivity contribution >= 4 is 5.91 Å². The molecule has 3 N–H and O–H groups in total. The second-order valence-corrected chi connectivity index (χ2v) is 9.18. The molecule has 0 bridgehead atoms. The van der Waals surface area contributed by atoms with Crippen LogP contribution in [0, 0.1) is 0 Å². The van der Waals surface area contributed by atoms with Crippen molar-refractivity contribution in [2.75, 3.05) is 0 Å². The van der Waals surface area contributed by atoms with Crippen LogP contribution >= 0.6 is 0 Å². The van der Waals surface area contributed by atoms with Crippen LogP contribution < -0.4 is 5.84 Å². The molecule has 0 aliphatic heterocycles. The standard InChI is InChI=1S/C28H29N5O3/c1-32-17-24(16-31-32)22-12-23(15-30-14-22)28(35)33(29)26-9-4-10-27(26)36-18-19-5-2-6-20(11-19)21-7-3-8-25(34)13-21/h2-3,5-8,11-17,26-27,34H,4,9-10,18,29H2,1H3/t26-,27-/m0/s1. The Bertz CT molecular complexity index is 1370. The van der Waals surface area contributed by atoms with Crippen LogP contribution in [0.3, 0.4) is 0 Å². The number of carbonyl (C=O) groups excluding carboxylic acids is 1. The number of ether oxygens (including phenoxy) is 1. The number of hydrogen-bond donors (Lipinski definition) is 2. The van der Waals surface area contributed by atoms with E-state index in [0.717, 1.165) is 47.1 Å². The number of amides is 1. The van der Waals surface area contributed by atoms with Gasteiger partial charge in [-0.2, -0.15) is 5.10 Å². The Morgan fingerprint density at radius 3 is 2.64 bits per heavy atom. The van der Waals surface area contributed by atoms with E-state index >= 15 is 0 Å². The van der Waals surface area contributed by atoms with Crippen molar-refractivity contribution in [2.24, 2.45) is 12.9 Å². The third kappa shape index (κ3) is 5.15. The monoisotopic (exact) mass is 483 g/mol. The molecule has 1 saturated carbocycles. The highest BCUT2D eigenvalue weighted by Gasteiger charge is 2.34. The van der Waals surface area contributed by atoms with Crippen LogP contribution in [0.5, 0.6) is 5.75 Å². The van der Waals surface area contributed by atoms with Crippen molar-refractivity contribution in [2.45, 2.75) is 38.0 Å². The van der Waals surface area contributed by atoms with Gasteiger partial charge in [0.2, 0.25) is 0 Å². The molecule has 8 heteroatoms. The first-order chi connectivity index (χ1) is 17.5. The van der Waals surface area contributed by atoms with Gasteiger partial charge in [0.15, 0.2) is 0 Å². The van der Waals surface area contributed by atoms with Gasteiger partial charge in [0.25, 0.3) is 5.91 Å². The summed E-state index contributed by atoms with van der Waals surface area (Å²) in [5, 5.41) is 15.3. The van der Waals surface area contributed by atoms with Gasteiger partial charge in [0, 0.05) is 36.8 Å². The third-order valence-electron chi connectivity index (χ3n) is 6.60. The van der Waals surface area contributed by atoms with Gasteiger partial charge in [-0.25, -0.2) is 5.84 Å². The molecule has 36 heavy (non-hydrogen) atoms. The Labute approximate surface area is 209 Å². The summed E-state index contributed by atoms with van der Waals surface area (Å²) in [6.45, 7) is 0.411. The number of nitrogens with two attached hydrogens (primary N) is 1. The maximum atomic E-state index is 13.2. The third-order valence-corrected chi connectivity index (χ3v) is 6.60. The van der Waals surface area contributed by atoms with E-state index in [0.29, 0.717) is 12.2 Å². The molecule has 4 aromatic rings. The second kappa shape index (κ2) is 10.3. The normalized spacial score (nSPS) is 17.3. The molecule has 8 nitrogen and oxygen atoms in total. The summed E-state index contributed by atoms with van der Waals surface area (Å²) in [4.78, 5) is 17.5. The van der Waals surface area contributed by atoms with Crippen molar-refractivity contribution in [1.82, 2.24) is 19.8 Å². The number of pyridine rings is 1. The summed E-state index contributed by atoms with van der Waals surface area (Å²) in [6.07, 6.45) is 9.27. The predicted octanol–water partition coefficient (Wildman–Crippen LogP) is 4.31. The summed E-state index contributed by atoms with van der Waals surface area (Å²) < 4.78 is 7.98. The first-order valence-electron chi connectivity index (χ1n) is 12.0. The largest absolute Gasteiger partial charge is 0.508 e. The number of aromatic hydroxyl groups is 1. The average Bonchev–Trinajstić information content (AvgIpc) is 3.56. The summed E-state index contributed by atoms with van der Waals surface area (Å²) in [5.41, 5.74) is 5.10. The number of nitrogens with zero attached hydrogens (tertiary/aromatic N) is 4. The van der Waals surface area contributed by atoms with Gasteiger partial charge < -0.3 is 9.84 Å². The summed E-state index contributed by atoms with van der Waals surface area (Å²) in [6, 6.07) is 16.8. The molecule has 1 fully saturated rings. The summed E-state index contributed by atoms with van der Waals surface area (Å²) in [5.74, 6) is 6.31. The lowest BCUT2D eigenvalue weighted by atomic mass is 10.0. The SMILES string of the molecule is Cn1cc(-c2cncc(C(=O)N(N)[C@H]3CCC[C@@H]3OCc3cccc(-c4cccc(O)c4)c3)c2)cn1. The lowest BCUT2D eigenvalue weighted by Crippen LogP contribution is -2.49. The van der Waals surface area contributed by atoms with E-state index in [9.17, 15) is 9.90 Å². The minimum atomic E-state index is -0.278. The molecule has 2 heterocycles. The van der Waals surface area contributed by atoms with Gasteiger partial charge in [0.1, 0.15) is 5.75 Å². The number of hydrogen-bond acceptors (Lipinski definition) is 6. The fourth-order valence-corrected chi connectivity index (χ4v) is 4.73. The van der Waals surface area contributed by atoms with E-state index in [-0.39, 0.29) is 23.8 Å². The molecule has 0 spiro atoms. The van der Waals surface area contributed by atoms with Gasteiger partial charge in [-0.05, 0) is 60.2 Å². The molecule has 1 aliphatic rings. The van der Waals surface area contributed by atoms with Crippen LogP contribution in [0.1, 0.15) is 35.2 Å². The maximum Gasteiger partial charge on any atom is 0.269 e. The zero-order valence-corrected chi connectivity index (χ0v) is 20.1. The number of carbonyl (C=O) groups is 1. The van der Waals surface area contributed by atoms with Crippen LogP contribution in [0.4, 0.5) is 0 Å². The molecule has 1 amide bonds. The van der Waals surface area contributed by atoms with Crippen LogP contribution in [0.15, 0.2) is 79.4 Å². The van der Waals surface area contributed by atoms with Gasteiger partial charge >= 0.3 is 0 Å². The van der Waals surface area contributed by atoms with Crippen molar-refractivity contribution in [3.8, 4) is 28.0 Å². The fourth-order valence-electron chi connectivity index (χ4n) is 4.73. The highest BCUT2D eigenvalue weighted by Crippen LogP contribution is 2.29. The van der Waals surface area contributed by atoms with Gasteiger partial charge in [-0.1, -0.05) is 30.3 Å². The Morgan fingerprint density at radius 2 is 1.86 bits per heavy atom. The van der Waals surface area contributed by atoms with E-state index in [2.05, 4.69) is 16.1 Å². The molecule has 2 aromatic carbocycles. The summed E-state index contributed by atoms with van der Waals surface area (Å²) >= 11 is 0. The first-order valence-corrected chi connectivity index (χ1v) is 12.0. The second-order valence-electron chi connectivity index (χ2n) is 9.18. The van der Waals surface area contributed by atoms with Gasteiger partial charge in [-0.15, -0.1) is 0 Å². The van der Waals surface area contributed by atoms with E-state index < -0.39 is 0 Å². The number of phenols is 1. The lowest BCUT2D eigenvalue weighted by Gasteiger charge is -2.29. The molecule has 2 atom stereocenters. The van der Waals surface area contributed by atoms with Crippen LogP contribution in [0.25, 0.3) is 22.3 Å². The molecule has 1 aliphatic carbocycles. The Morgan fingerprint density at radius 1 is 1.06 bits per heavy atom. The number of aryl methyl sites for hydroxylation is 1. The fraction of sp³-hybridized carbons (Fsp3) is 0.250. The first kappa shape index (κ1) is 23.7. The minimum Gasteiger partial charge on any atom is -0.508 e. The van der Waals surface area contributed by atoms with Gasteiger partial charge in [0.05, 0.1) is 30.5 Å². The Hall–Kier alpha value is -4.01. The molecule has 0 unspecified atom stereocenters. The van der Waals surface area contributed by atoms with E-state index in [4.69, 9.17) is 10.6 Å².